The molecule has 0 radical (unpaired) electrons. The fraction of sp³-hybridized carbons (Fsp3) is 0.412. The predicted molar refractivity (Wildman–Crippen MR) is 97.5 cm³/mol. The molecular formula is C17H21NO2S2. The maximum absolute atomic E-state index is 11.8. The van der Waals surface area contributed by atoms with Gasteiger partial charge in [0.25, 0.3) is 5.91 Å². The molecule has 5 heteroatoms. The second kappa shape index (κ2) is 6.84. The summed E-state index contributed by atoms with van der Waals surface area (Å²) in [5.74, 6) is 1.52. The Kier molecular flexibility index (Phi) is 5.29. The van der Waals surface area contributed by atoms with Crippen LogP contribution in [0.1, 0.15) is 56.2 Å². The number of carbonyl (C=O) groups is 1. The zero-order valence-corrected chi connectivity index (χ0v) is 15.2. The zero-order chi connectivity index (χ0) is 16.4. The van der Waals surface area contributed by atoms with Crippen LogP contribution in [-0.4, -0.2) is 17.3 Å². The van der Waals surface area contributed by atoms with Crippen molar-refractivity contribution in [3.8, 4) is 5.75 Å². The normalized spacial score (nSPS) is 16.8. The molecule has 1 saturated heterocycles. The van der Waals surface area contributed by atoms with Crippen molar-refractivity contribution >= 4 is 40.3 Å². The van der Waals surface area contributed by atoms with Gasteiger partial charge >= 0.3 is 0 Å². The number of nitrogens with one attached hydrogen (secondary N) is 1. The lowest BCUT2D eigenvalue weighted by molar-refractivity contribution is -0.115. The second-order valence-corrected chi connectivity index (χ2v) is 7.61. The third kappa shape index (κ3) is 3.52. The van der Waals surface area contributed by atoms with E-state index in [1.807, 2.05) is 6.08 Å². The smallest absolute Gasteiger partial charge is 0.263 e. The van der Waals surface area contributed by atoms with E-state index in [0.717, 1.165) is 22.4 Å². The quantitative estimate of drug-likeness (QED) is 0.652. The highest BCUT2D eigenvalue weighted by Gasteiger charge is 2.23. The maximum Gasteiger partial charge on any atom is 0.263 e. The summed E-state index contributed by atoms with van der Waals surface area (Å²) < 4.78 is 6.15. The third-order valence-electron chi connectivity index (χ3n) is 3.56. The first-order valence-corrected chi connectivity index (χ1v) is 8.52. The van der Waals surface area contributed by atoms with E-state index in [1.165, 1.54) is 11.8 Å². The van der Waals surface area contributed by atoms with Crippen LogP contribution in [0.3, 0.4) is 0 Å². The molecule has 1 N–H and O–H groups in total. The number of amides is 1. The number of thiocarbonyl (C=S) groups is 1. The van der Waals surface area contributed by atoms with Crippen molar-refractivity contribution in [3.63, 3.8) is 0 Å². The van der Waals surface area contributed by atoms with E-state index >= 15 is 0 Å². The Morgan fingerprint density at radius 1 is 1.18 bits per heavy atom. The van der Waals surface area contributed by atoms with Gasteiger partial charge in [0, 0.05) is 0 Å². The summed E-state index contributed by atoms with van der Waals surface area (Å²) in [6, 6.07) is 4.19. The van der Waals surface area contributed by atoms with Gasteiger partial charge in [-0.3, -0.25) is 4.79 Å². The Labute approximate surface area is 141 Å². The van der Waals surface area contributed by atoms with Crippen LogP contribution in [0.4, 0.5) is 0 Å². The summed E-state index contributed by atoms with van der Waals surface area (Å²) in [7, 11) is 1.71. The van der Waals surface area contributed by atoms with Crippen LogP contribution in [0.15, 0.2) is 17.0 Å². The van der Waals surface area contributed by atoms with Gasteiger partial charge < -0.3 is 10.1 Å². The number of benzene rings is 1. The third-order valence-corrected chi connectivity index (χ3v) is 4.72. The molecule has 0 spiro atoms. The molecule has 1 heterocycles. The molecule has 1 aromatic carbocycles. The highest BCUT2D eigenvalue weighted by atomic mass is 32.2. The average Bonchev–Trinajstić information content (AvgIpc) is 2.75. The van der Waals surface area contributed by atoms with Gasteiger partial charge in [-0.05, 0) is 46.7 Å². The van der Waals surface area contributed by atoms with Crippen LogP contribution in [0.2, 0.25) is 0 Å². The zero-order valence-electron chi connectivity index (χ0n) is 13.5. The summed E-state index contributed by atoms with van der Waals surface area (Å²) in [6.45, 7) is 8.58. The molecule has 0 aromatic heterocycles. The number of hydrogen-bond donors (Lipinski definition) is 1. The molecule has 0 bridgehead atoms. The minimum atomic E-state index is -0.122. The minimum Gasteiger partial charge on any atom is -0.496 e. The summed E-state index contributed by atoms with van der Waals surface area (Å²) in [4.78, 5) is 12.5. The van der Waals surface area contributed by atoms with Gasteiger partial charge in [0.1, 0.15) is 10.1 Å². The van der Waals surface area contributed by atoms with Crippen LogP contribution in [0, 0.1) is 0 Å². The molecule has 0 aliphatic carbocycles. The fourth-order valence-corrected chi connectivity index (χ4v) is 3.49. The second-order valence-electron chi connectivity index (χ2n) is 5.89. The van der Waals surface area contributed by atoms with Gasteiger partial charge in [-0.25, -0.2) is 0 Å². The molecule has 0 unspecified atom stereocenters. The standard InChI is InChI=1S/C17H21NO2S2/c1-9(2)12-6-11(7-13(10(3)4)15(12)20-5)8-14-16(19)18-17(21)22-14/h6-10H,1-5H3,(H,18,19,21)/b14-8-. The molecule has 1 aliphatic heterocycles. The molecule has 1 fully saturated rings. The van der Waals surface area contributed by atoms with Crippen molar-refractivity contribution in [1.82, 2.24) is 5.32 Å². The highest BCUT2D eigenvalue weighted by Crippen LogP contribution is 2.37. The van der Waals surface area contributed by atoms with Gasteiger partial charge in [-0.15, -0.1) is 0 Å². The number of methoxy groups -OCH3 is 1. The molecule has 3 nitrogen and oxygen atoms in total. The first-order chi connectivity index (χ1) is 10.3. The predicted octanol–water partition coefficient (Wildman–Crippen LogP) is 4.43. The van der Waals surface area contributed by atoms with E-state index < -0.39 is 0 Å². The number of ether oxygens (including phenoxy) is 1. The Morgan fingerprint density at radius 3 is 2.09 bits per heavy atom. The lowest BCUT2D eigenvalue weighted by Crippen LogP contribution is -2.17. The van der Waals surface area contributed by atoms with Crippen molar-refractivity contribution in [2.24, 2.45) is 0 Å². The largest absolute Gasteiger partial charge is 0.496 e. The molecule has 118 valence electrons. The molecule has 22 heavy (non-hydrogen) atoms. The Balaban J connectivity index is 2.55. The molecule has 0 atom stereocenters. The van der Waals surface area contributed by atoms with Crippen LogP contribution in [0.5, 0.6) is 5.75 Å². The van der Waals surface area contributed by atoms with E-state index in [1.54, 1.807) is 7.11 Å². The van der Waals surface area contributed by atoms with Gasteiger partial charge in [-0.1, -0.05) is 51.7 Å². The van der Waals surface area contributed by atoms with Gasteiger partial charge in [0.2, 0.25) is 0 Å². The minimum absolute atomic E-state index is 0.122. The highest BCUT2D eigenvalue weighted by molar-refractivity contribution is 8.26. The Morgan fingerprint density at radius 2 is 1.73 bits per heavy atom. The molecule has 0 saturated carbocycles. The summed E-state index contributed by atoms with van der Waals surface area (Å²) in [5, 5.41) is 2.65. The average molecular weight is 335 g/mol. The van der Waals surface area contributed by atoms with Crippen LogP contribution in [-0.2, 0) is 4.79 Å². The van der Waals surface area contributed by atoms with Gasteiger partial charge in [0.15, 0.2) is 0 Å². The number of carbonyl (C=O) groups excluding carboxylic acids is 1. The fourth-order valence-electron chi connectivity index (χ4n) is 2.45. The van der Waals surface area contributed by atoms with Crippen molar-refractivity contribution in [3.05, 3.63) is 33.7 Å². The first-order valence-electron chi connectivity index (χ1n) is 7.30. The number of thioether (sulfide) groups is 1. The van der Waals surface area contributed by atoms with Crippen molar-refractivity contribution in [2.75, 3.05) is 7.11 Å². The molecular weight excluding hydrogens is 314 g/mol. The molecule has 1 aromatic rings. The molecule has 1 aliphatic rings. The van der Waals surface area contributed by atoms with Crippen LogP contribution < -0.4 is 10.1 Å². The Bertz CT molecular complexity index is 619. The lowest BCUT2D eigenvalue weighted by Gasteiger charge is -2.19. The lowest BCUT2D eigenvalue weighted by atomic mass is 9.91. The van der Waals surface area contributed by atoms with Crippen LogP contribution in [0.25, 0.3) is 6.08 Å². The van der Waals surface area contributed by atoms with Crippen molar-refractivity contribution in [2.45, 2.75) is 39.5 Å². The summed E-state index contributed by atoms with van der Waals surface area (Å²) in [5.41, 5.74) is 3.33. The van der Waals surface area contributed by atoms with E-state index in [-0.39, 0.29) is 5.91 Å². The SMILES string of the molecule is COc1c(C(C)C)cc(/C=C2\SC(=S)NC2=O)cc1C(C)C. The number of hydrogen-bond acceptors (Lipinski definition) is 4. The summed E-state index contributed by atoms with van der Waals surface area (Å²) >= 11 is 6.34. The van der Waals surface area contributed by atoms with E-state index in [2.05, 4.69) is 45.1 Å². The molecule has 1 amide bonds. The first kappa shape index (κ1) is 17.0. The van der Waals surface area contributed by atoms with E-state index in [0.29, 0.717) is 21.1 Å². The summed E-state index contributed by atoms with van der Waals surface area (Å²) in [6.07, 6.45) is 1.90. The Hall–Kier alpha value is -1.33. The maximum atomic E-state index is 11.8. The van der Waals surface area contributed by atoms with Crippen LogP contribution >= 0.6 is 24.0 Å². The topological polar surface area (TPSA) is 38.3 Å². The van der Waals surface area contributed by atoms with E-state index in [4.69, 9.17) is 17.0 Å². The van der Waals surface area contributed by atoms with Crippen molar-refractivity contribution < 1.29 is 9.53 Å². The van der Waals surface area contributed by atoms with Gasteiger partial charge in [-0.2, -0.15) is 0 Å². The van der Waals surface area contributed by atoms with Gasteiger partial charge in [0.05, 0.1) is 12.0 Å². The van der Waals surface area contributed by atoms with Crippen molar-refractivity contribution in [1.29, 1.82) is 0 Å². The molecule has 2 rings (SSSR count). The number of rotatable bonds is 4. The monoisotopic (exact) mass is 335 g/mol. The van der Waals surface area contributed by atoms with E-state index in [9.17, 15) is 4.79 Å².